The summed E-state index contributed by atoms with van der Waals surface area (Å²) in [5.41, 5.74) is 9.69. The SMILES string of the molecule is c1ccc(-c2ccc(-c3nc(-c4ccccc4)nc(N4c5ccccc5Oc5ccccc5C45c4ccccc4-c4ccccc45)n3)cc2)cc1. The minimum atomic E-state index is -0.875. The minimum absolute atomic E-state index is 0.519. The van der Waals surface area contributed by atoms with Gasteiger partial charge in [-0.25, -0.2) is 4.98 Å². The van der Waals surface area contributed by atoms with Gasteiger partial charge < -0.3 is 4.74 Å². The van der Waals surface area contributed by atoms with Gasteiger partial charge in [-0.3, -0.25) is 4.90 Å². The van der Waals surface area contributed by atoms with Crippen LogP contribution in [-0.4, -0.2) is 15.0 Å². The molecule has 8 aromatic rings. The summed E-state index contributed by atoms with van der Waals surface area (Å²) in [6.45, 7) is 0. The zero-order chi connectivity index (χ0) is 33.8. The first-order chi connectivity index (χ1) is 25.3. The molecule has 0 amide bonds. The van der Waals surface area contributed by atoms with Crippen molar-refractivity contribution >= 4 is 11.6 Å². The Labute approximate surface area is 296 Å². The Morgan fingerprint density at radius 1 is 0.373 bits per heavy atom. The van der Waals surface area contributed by atoms with E-state index >= 15 is 0 Å². The van der Waals surface area contributed by atoms with E-state index in [4.69, 9.17) is 19.7 Å². The molecule has 0 unspecified atom stereocenters. The lowest BCUT2D eigenvalue weighted by molar-refractivity contribution is 0.480. The summed E-state index contributed by atoms with van der Waals surface area (Å²) in [6.07, 6.45) is 0. The zero-order valence-electron chi connectivity index (χ0n) is 27.5. The van der Waals surface area contributed by atoms with E-state index in [0.717, 1.165) is 56.1 Å². The van der Waals surface area contributed by atoms with Crippen LogP contribution >= 0.6 is 0 Å². The maximum atomic E-state index is 6.84. The van der Waals surface area contributed by atoms with Gasteiger partial charge in [0.05, 0.1) is 5.69 Å². The molecular formula is C46H30N4O. The monoisotopic (exact) mass is 654 g/mol. The molecule has 0 fully saturated rings. The molecule has 5 heteroatoms. The average molecular weight is 655 g/mol. The van der Waals surface area contributed by atoms with E-state index in [1.165, 1.54) is 11.1 Å². The molecule has 7 aromatic carbocycles. The number of rotatable bonds is 4. The van der Waals surface area contributed by atoms with Gasteiger partial charge in [0.2, 0.25) is 5.95 Å². The first-order valence-corrected chi connectivity index (χ1v) is 17.1. The van der Waals surface area contributed by atoms with Crippen molar-refractivity contribution in [3.8, 4) is 56.5 Å². The Morgan fingerprint density at radius 2 is 0.824 bits per heavy atom. The van der Waals surface area contributed by atoms with E-state index < -0.39 is 5.54 Å². The van der Waals surface area contributed by atoms with Crippen LogP contribution < -0.4 is 9.64 Å². The third-order valence-corrected chi connectivity index (χ3v) is 9.97. The number of hydrogen-bond acceptors (Lipinski definition) is 5. The summed E-state index contributed by atoms with van der Waals surface area (Å²) in [6, 6.07) is 62.9. The van der Waals surface area contributed by atoms with E-state index in [0.29, 0.717) is 17.6 Å². The van der Waals surface area contributed by atoms with Crippen molar-refractivity contribution in [2.75, 3.05) is 4.90 Å². The molecule has 2 aliphatic rings. The highest BCUT2D eigenvalue weighted by atomic mass is 16.5. The predicted molar refractivity (Wildman–Crippen MR) is 203 cm³/mol. The van der Waals surface area contributed by atoms with Crippen LogP contribution in [0.15, 0.2) is 182 Å². The second-order valence-corrected chi connectivity index (χ2v) is 12.8. The molecule has 5 nitrogen and oxygen atoms in total. The fraction of sp³-hybridized carbons (Fsp3) is 0.0217. The third kappa shape index (κ3) is 4.52. The molecule has 0 saturated heterocycles. The summed E-state index contributed by atoms with van der Waals surface area (Å²) in [4.78, 5) is 18.1. The fourth-order valence-electron chi connectivity index (χ4n) is 7.76. The Kier molecular flexibility index (Phi) is 6.64. The topological polar surface area (TPSA) is 51.1 Å². The number of benzene rings is 7. The molecule has 0 bridgehead atoms. The zero-order valence-corrected chi connectivity index (χ0v) is 27.5. The van der Waals surface area contributed by atoms with Crippen molar-refractivity contribution in [2.45, 2.75) is 5.54 Å². The van der Waals surface area contributed by atoms with Crippen LogP contribution in [0, 0.1) is 0 Å². The summed E-state index contributed by atoms with van der Waals surface area (Å²) >= 11 is 0. The normalized spacial score (nSPS) is 13.4. The molecule has 0 atom stereocenters. The molecule has 0 N–H and O–H groups in total. The van der Waals surface area contributed by atoms with Crippen molar-refractivity contribution in [2.24, 2.45) is 0 Å². The first-order valence-electron chi connectivity index (χ1n) is 17.1. The molecule has 1 spiro atoms. The molecule has 1 aromatic heterocycles. The highest BCUT2D eigenvalue weighted by Gasteiger charge is 2.54. The molecule has 51 heavy (non-hydrogen) atoms. The van der Waals surface area contributed by atoms with Gasteiger partial charge in [0.25, 0.3) is 0 Å². The van der Waals surface area contributed by atoms with Gasteiger partial charge >= 0.3 is 0 Å². The molecular weight excluding hydrogens is 625 g/mol. The van der Waals surface area contributed by atoms with E-state index in [9.17, 15) is 0 Å². The smallest absolute Gasteiger partial charge is 0.235 e. The van der Waals surface area contributed by atoms with E-state index in [-0.39, 0.29) is 0 Å². The second kappa shape index (κ2) is 11.6. The van der Waals surface area contributed by atoms with Gasteiger partial charge in [-0.2, -0.15) is 9.97 Å². The molecule has 1 aliphatic heterocycles. The molecule has 2 heterocycles. The number of fused-ring (bicyclic) bond motifs is 8. The lowest BCUT2D eigenvalue weighted by atomic mass is 9.78. The van der Waals surface area contributed by atoms with Gasteiger partial charge in [0, 0.05) is 16.7 Å². The van der Waals surface area contributed by atoms with Crippen LogP contribution in [-0.2, 0) is 5.54 Å². The summed E-state index contributed by atoms with van der Waals surface area (Å²) in [5.74, 6) is 3.20. The van der Waals surface area contributed by atoms with Crippen molar-refractivity contribution in [3.63, 3.8) is 0 Å². The standard InChI is InChI=1S/C46H30N4O/c1-3-15-31(16-4-1)32-27-29-34(30-28-32)44-47-43(33-17-5-2-6-18-33)48-45(49-44)50-40-24-12-14-26-42(40)51-41-25-13-11-23-39(41)46(50)37-21-9-7-19-35(37)36-20-8-10-22-38(36)46/h1-30H. The lowest BCUT2D eigenvalue weighted by Crippen LogP contribution is -2.44. The average Bonchev–Trinajstić information content (AvgIpc) is 3.42. The van der Waals surface area contributed by atoms with Crippen molar-refractivity contribution in [3.05, 3.63) is 199 Å². The van der Waals surface area contributed by atoms with Crippen molar-refractivity contribution in [1.29, 1.82) is 0 Å². The van der Waals surface area contributed by atoms with Gasteiger partial charge in [0.15, 0.2) is 17.4 Å². The fourth-order valence-corrected chi connectivity index (χ4v) is 7.76. The largest absolute Gasteiger partial charge is 0.455 e. The van der Waals surface area contributed by atoms with E-state index in [1.807, 2.05) is 60.7 Å². The number of para-hydroxylation sites is 3. The van der Waals surface area contributed by atoms with Crippen LogP contribution in [0.4, 0.5) is 11.6 Å². The minimum Gasteiger partial charge on any atom is -0.455 e. The van der Waals surface area contributed by atoms with Gasteiger partial charge in [0.1, 0.15) is 11.3 Å². The molecule has 10 rings (SSSR count). The van der Waals surface area contributed by atoms with E-state index in [1.54, 1.807) is 0 Å². The maximum Gasteiger partial charge on any atom is 0.235 e. The molecule has 0 radical (unpaired) electrons. The first kappa shape index (κ1) is 29.1. The number of anilines is 2. The Morgan fingerprint density at radius 3 is 1.47 bits per heavy atom. The van der Waals surface area contributed by atoms with Crippen LogP contribution in [0.1, 0.15) is 16.7 Å². The third-order valence-electron chi connectivity index (χ3n) is 9.97. The van der Waals surface area contributed by atoms with Crippen LogP contribution in [0.3, 0.4) is 0 Å². The molecule has 1 aliphatic carbocycles. The van der Waals surface area contributed by atoms with Gasteiger partial charge in [-0.05, 0) is 51.6 Å². The molecule has 0 saturated carbocycles. The number of hydrogen-bond donors (Lipinski definition) is 0. The van der Waals surface area contributed by atoms with Crippen LogP contribution in [0.5, 0.6) is 11.5 Å². The highest BCUT2D eigenvalue weighted by molar-refractivity contribution is 5.90. The molecule has 240 valence electrons. The Hall–Kier alpha value is -6.85. The maximum absolute atomic E-state index is 6.84. The summed E-state index contributed by atoms with van der Waals surface area (Å²) < 4.78 is 6.84. The van der Waals surface area contributed by atoms with Crippen molar-refractivity contribution < 1.29 is 4.74 Å². The van der Waals surface area contributed by atoms with E-state index in [2.05, 4.69) is 126 Å². The second-order valence-electron chi connectivity index (χ2n) is 12.8. The number of ether oxygens (including phenoxy) is 1. The predicted octanol–water partition coefficient (Wildman–Crippen LogP) is 11.1. The van der Waals surface area contributed by atoms with Gasteiger partial charge in [-0.1, -0.05) is 164 Å². The van der Waals surface area contributed by atoms with Crippen molar-refractivity contribution in [1.82, 2.24) is 15.0 Å². The summed E-state index contributed by atoms with van der Waals surface area (Å²) in [7, 11) is 0. The summed E-state index contributed by atoms with van der Waals surface area (Å²) in [5, 5.41) is 0. The number of nitrogens with zero attached hydrogens (tertiary/aromatic N) is 4. The van der Waals surface area contributed by atoms with Crippen LogP contribution in [0.2, 0.25) is 0 Å². The Bertz CT molecular complexity index is 2520. The van der Waals surface area contributed by atoms with Gasteiger partial charge in [-0.15, -0.1) is 0 Å². The number of aromatic nitrogens is 3. The highest BCUT2D eigenvalue weighted by Crippen LogP contribution is 2.61. The van der Waals surface area contributed by atoms with Crippen LogP contribution in [0.25, 0.3) is 45.0 Å². The Balaban J connectivity index is 1.29. The lowest BCUT2D eigenvalue weighted by Gasteiger charge is -2.42. The quantitative estimate of drug-likeness (QED) is 0.189.